The summed E-state index contributed by atoms with van der Waals surface area (Å²) >= 11 is 1.60. The second-order valence-corrected chi connectivity index (χ2v) is 8.34. The minimum atomic E-state index is -0.166. The van der Waals surface area contributed by atoms with Crippen LogP contribution in [0.5, 0.6) is 0 Å². The molecule has 1 N–H and O–H groups in total. The lowest BCUT2D eigenvalue weighted by Crippen LogP contribution is -2.11. The van der Waals surface area contributed by atoms with Gasteiger partial charge in [-0.2, -0.15) is 0 Å². The molecule has 0 saturated heterocycles. The summed E-state index contributed by atoms with van der Waals surface area (Å²) < 4.78 is 5.78. The van der Waals surface area contributed by atoms with Gasteiger partial charge in [0.15, 0.2) is 5.13 Å². The van der Waals surface area contributed by atoms with Gasteiger partial charge < -0.3 is 4.42 Å². The van der Waals surface area contributed by atoms with Gasteiger partial charge in [0.25, 0.3) is 5.91 Å². The lowest BCUT2D eigenvalue weighted by molar-refractivity contribution is 0.102. The summed E-state index contributed by atoms with van der Waals surface area (Å²) in [6.45, 7) is 0. The quantitative estimate of drug-likeness (QED) is 0.452. The van der Waals surface area contributed by atoms with Crippen LogP contribution in [0.15, 0.2) is 59.0 Å². The van der Waals surface area contributed by atoms with E-state index in [1.807, 2.05) is 42.5 Å². The first kappa shape index (κ1) is 18.7. The molecule has 7 heteroatoms. The molecule has 1 aliphatic carbocycles. The maximum atomic E-state index is 12.6. The molecule has 1 amide bonds. The number of amides is 1. The van der Waals surface area contributed by atoms with Crippen molar-refractivity contribution in [1.29, 1.82) is 0 Å². The highest BCUT2D eigenvalue weighted by Crippen LogP contribution is 2.29. The van der Waals surface area contributed by atoms with Crippen molar-refractivity contribution < 1.29 is 9.21 Å². The van der Waals surface area contributed by atoms with Gasteiger partial charge in [-0.25, -0.2) is 4.98 Å². The van der Waals surface area contributed by atoms with Crippen LogP contribution in [0.4, 0.5) is 5.13 Å². The van der Waals surface area contributed by atoms with Crippen LogP contribution in [-0.4, -0.2) is 21.1 Å². The van der Waals surface area contributed by atoms with Gasteiger partial charge in [-0.05, 0) is 62.1 Å². The highest BCUT2D eigenvalue weighted by Gasteiger charge is 2.16. The van der Waals surface area contributed by atoms with Crippen LogP contribution in [0.2, 0.25) is 0 Å². The Labute approximate surface area is 178 Å². The second-order valence-electron chi connectivity index (χ2n) is 7.26. The molecule has 6 nitrogen and oxygen atoms in total. The number of thiazole rings is 1. The van der Waals surface area contributed by atoms with Gasteiger partial charge >= 0.3 is 0 Å². The standard InChI is InChI=1S/C23H20N4O2S/c28-20(25-23-24-18-9-5-2-6-10-19(18)30-23)15-11-13-17(14-12-15)22-27-26-21(29-22)16-7-3-1-4-8-16/h1,3-4,7-8,11-14H,2,5-6,9-10H2,(H,24,25,28). The zero-order chi connectivity index (χ0) is 20.3. The normalized spacial score (nSPS) is 13.5. The highest BCUT2D eigenvalue weighted by atomic mass is 32.1. The van der Waals surface area contributed by atoms with Gasteiger partial charge in [0, 0.05) is 21.6 Å². The van der Waals surface area contributed by atoms with Gasteiger partial charge in [0.05, 0.1) is 5.69 Å². The van der Waals surface area contributed by atoms with Crippen molar-refractivity contribution in [2.24, 2.45) is 0 Å². The summed E-state index contributed by atoms with van der Waals surface area (Å²) in [7, 11) is 0. The minimum Gasteiger partial charge on any atom is -0.416 e. The minimum absolute atomic E-state index is 0.166. The molecule has 2 aromatic heterocycles. The molecule has 2 heterocycles. The first-order valence-corrected chi connectivity index (χ1v) is 10.9. The van der Waals surface area contributed by atoms with Crippen LogP contribution < -0.4 is 5.32 Å². The van der Waals surface area contributed by atoms with E-state index >= 15 is 0 Å². The number of hydrogen-bond acceptors (Lipinski definition) is 6. The number of anilines is 1. The van der Waals surface area contributed by atoms with Gasteiger partial charge in [-0.1, -0.05) is 24.6 Å². The third kappa shape index (κ3) is 3.89. The summed E-state index contributed by atoms with van der Waals surface area (Å²) in [5.41, 5.74) is 3.34. The van der Waals surface area contributed by atoms with Crippen LogP contribution >= 0.6 is 11.3 Å². The van der Waals surface area contributed by atoms with Crippen molar-refractivity contribution in [3.8, 4) is 22.9 Å². The van der Waals surface area contributed by atoms with E-state index < -0.39 is 0 Å². The zero-order valence-corrected chi connectivity index (χ0v) is 17.1. The molecule has 0 bridgehead atoms. The molecule has 0 fully saturated rings. The third-order valence-corrected chi connectivity index (χ3v) is 6.23. The van der Waals surface area contributed by atoms with E-state index in [1.165, 1.54) is 24.1 Å². The van der Waals surface area contributed by atoms with Crippen LogP contribution in [0.3, 0.4) is 0 Å². The van der Waals surface area contributed by atoms with E-state index in [1.54, 1.807) is 23.5 Å². The van der Waals surface area contributed by atoms with Crippen LogP contribution in [0.1, 0.15) is 40.2 Å². The number of carbonyl (C=O) groups is 1. The van der Waals surface area contributed by atoms with E-state index in [4.69, 9.17) is 4.42 Å². The fourth-order valence-electron chi connectivity index (χ4n) is 3.55. The number of aromatic nitrogens is 3. The fraction of sp³-hybridized carbons (Fsp3) is 0.217. The number of carbonyl (C=O) groups excluding carboxylic acids is 1. The molecular formula is C23H20N4O2S. The highest BCUT2D eigenvalue weighted by molar-refractivity contribution is 7.15. The summed E-state index contributed by atoms with van der Waals surface area (Å²) in [5.74, 6) is 0.724. The Morgan fingerprint density at radius 3 is 2.33 bits per heavy atom. The number of rotatable bonds is 4. The monoisotopic (exact) mass is 416 g/mol. The van der Waals surface area contributed by atoms with Crippen LogP contribution in [0, 0.1) is 0 Å². The molecule has 150 valence electrons. The number of fused-ring (bicyclic) bond motifs is 1. The Kier molecular flexibility index (Phi) is 5.11. The Morgan fingerprint density at radius 1 is 0.867 bits per heavy atom. The second kappa shape index (κ2) is 8.20. The fourth-order valence-corrected chi connectivity index (χ4v) is 4.60. The molecule has 5 rings (SSSR count). The van der Waals surface area contributed by atoms with E-state index in [0.29, 0.717) is 22.5 Å². The Balaban J connectivity index is 1.29. The van der Waals surface area contributed by atoms with Crippen molar-refractivity contribution in [2.45, 2.75) is 32.1 Å². The zero-order valence-electron chi connectivity index (χ0n) is 16.3. The van der Waals surface area contributed by atoms with Crippen molar-refractivity contribution in [3.05, 3.63) is 70.7 Å². The number of benzene rings is 2. The van der Waals surface area contributed by atoms with Crippen molar-refractivity contribution in [3.63, 3.8) is 0 Å². The lowest BCUT2D eigenvalue weighted by Gasteiger charge is -2.02. The molecule has 0 aliphatic heterocycles. The van der Waals surface area contributed by atoms with Gasteiger partial charge in [-0.15, -0.1) is 21.5 Å². The molecule has 0 radical (unpaired) electrons. The SMILES string of the molecule is O=C(Nc1nc2c(s1)CCCCC2)c1ccc(-c2nnc(-c3ccccc3)o2)cc1. The summed E-state index contributed by atoms with van der Waals surface area (Å²) in [6.07, 6.45) is 5.70. The van der Waals surface area contributed by atoms with Crippen molar-refractivity contribution in [1.82, 2.24) is 15.2 Å². The summed E-state index contributed by atoms with van der Waals surface area (Å²) in [5, 5.41) is 11.9. The first-order chi connectivity index (χ1) is 14.8. The van der Waals surface area contributed by atoms with E-state index in [9.17, 15) is 4.79 Å². The number of nitrogens with one attached hydrogen (secondary N) is 1. The molecule has 0 saturated carbocycles. The number of aryl methyl sites for hydroxylation is 2. The summed E-state index contributed by atoms with van der Waals surface area (Å²) in [6, 6.07) is 16.8. The average molecular weight is 417 g/mol. The van der Waals surface area contributed by atoms with Crippen molar-refractivity contribution >= 4 is 22.4 Å². The van der Waals surface area contributed by atoms with E-state index in [-0.39, 0.29) is 5.91 Å². The topological polar surface area (TPSA) is 80.9 Å². The van der Waals surface area contributed by atoms with Crippen molar-refractivity contribution in [2.75, 3.05) is 5.32 Å². The van der Waals surface area contributed by atoms with Gasteiger partial charge in [0.1, 0.15) is 0 Å². The Hall–Kier alpha value is -3.32. The van der Waals surface area contributed by atoms with Crippen LogP contribution in [0.25, 0.3) is 22.9 Å². The molecule has 1 aliphatic rings. The number of nitrogens with zero attached hydrogens (tertiary/aromatic N) is 3. The largest absolute Gasteiger partial charge is 0.416 e. The molecule has 4 aromatic rings. The number of hydrogen-bond donors (Lipinski definition) is 1. The molecule has 0 spiro atoms. The van der Waals surface area contributed by atoms with E-state index in [2.05, 4.69) is 20.5 Å². The maximum Gasteiger partial charge on any atom is 0.257 e. The Morgan fingerprint density at radius 2 is 1.57 bits per heavy atom. The Bertz CT molecular complexity index is 1140. The molecule has 0 unspecified atom stereocenters. The predicted octanol–water partition coefficient (Wildman–Crippen LogP) is 5.38. The lowest BCUT2D eigenvalue weighted by atomic mass is 10.1. The van der Waals surface area contributed by atoms with Gasteiger partial charge in [0.2, 0.25) is 11.8 Å². The van der Waals surface area contributed by atoms with E-state index in [0.717, 1.165) is 29.7 Å². The predicted molar refractivity (Wildman–Crippen MR) is 116 cm³/mol. The average Bonchev–Trinajstić information content (AvgIpc) is 3.37. The summed E-state index contributed by atoms with van der Waals surface area (Å²) in [4.78, 5) is 18.6. The maximum absolute atomic E-state index is 12.6. The smallest absolute Gasteiger partial charge is 0.257 e. The third-order valence-electron chi connectivity index (χ3n) is 5.16. The molecule has 0 atom stereocenters. The first-order valence-electron chi connectivity index (χ1n) is 10.1. The van der Waals surface area contributed by atoms with Gasteiger partial charge in [-0.3, -0.25) is 10.1 Å². The molecular weight excluding hydrogens is 396 g/mol. The van der Waals surface area contributed by atoms with Crippen LogP contribution in [-0.2, 0) is 12.8 Å². The molecule has 2 aromatic carbocycles. The molecule has 30 heavy (non-hydrogen) atoms.